The summed E-state index contributed by atoms with van der Waals surface area (Å²) in [5, 5.41) is 17.3. The van der Waals surface area contributed by atoms with E-state index < -0.39 is 10.0 Å². The zero-order valence-electron chi connectivity index (χ0n) is 10.9. The van der Waals surface area contributed by atoms with Gasteiger partial charge < -0.3 is 0 Å². The van der Waals surface area contributed by atoms with Gasteiger partial charge in [0.15, 0.2) is 5.82 Å². The van der Waals surface area contributed by atoms with E-state index >= 15 is 0 Å². The van der Waals surface area contributed by atoms with Crippen LogP contribution in [0, 0.1) is 0 Å². The van der Waals surface area contributed by atoms with Gasteiger partial charge in [-0.3, -0.25) is 9.82 Å². The summed E-state index contributed by atoms with van der Waals surface area (Å²) in [5.41, 5.74) is 1.12. The Morgan fingerprint density at radius 3 is 2.86 bits per heavy atom. The van der Waals surface area contributed by atoms with Crippen LogP contribution in [0.2, 0.25) is 0 Å². The summed E-state index contributed by atoms with van der Waals surface area (Å²) in [6.07, 6.45) is 2.54. The van der Waals surface area contributed by atoms with Gasteiger partial charge in [-0.15, -0.1) is 5.10 Å². The minimum atomic E-state index is -3.67. The van der Waals surface area contributed by atoms with Gasteiger partial charge >= 0.3 is 0 Å². The molecule has 1 aromatic carbocycles. The molecule has 0 radical (unpaired) electrons. The third-order valence-corrected chi connectivity index (χ3v) is 4.12. The molecule has 0 atom stereocenters. The fraction of sp³-hybridized carbons (Fsp3) is 0.0909. The largest absolute Gasteiger partial charge is 0.284 e. The van der Waals surface area contributed by atoms with E-state index in [1.54, 1.807) is 31.3 Å². The lowest BCUT2D eigenvalue weighted by molar-refractivity contribution is 0.601. The first-order chi connectivity index (χ1) is 10.1. The third kappa shape index (κ3) is 2.60. The van der Waals surface area contributed by atoms with Crippen molar-refractivity contribution in [2.45, 2.75) is 4.90 Å². The average Bonchev–Trinajstić information content (AvgIpc) is 3.09. The molecule has 2 aromatic heterocycles. The summed E-state index contributed by atoms with van der Waals surface area (Å²) in [7, 11) is -1.96. The second kappa shape index (κ2) is 4.98. The maximum Gasteiger partial charge on any atom is 0.265 e. The number of nitrogens with zero attached hydrogens (tertiary/aromatic N) is 5. The summed E-state index contributed by atoms with van der Waals surface area (Å²) in [5.74, 6) is 0.541. The standard InChI is InChI=1S/C11H11N7O2S/c1-18-11(14-16-17-18)8-3-2-4-9(5-8)15-21(19,20)10-6-12-13-7-10/h2-7,15H,1H3,(H,12,13). The van der Waals surface area contributed by atoms with Gasteiger partial charge in [0.1, 0.15) is 4.90 Å². The summed E-state index contributed by atoms with van der Waals surface area (Å²) < 4.78 is 28.2. The van der Waals surface area contributed by atoms with Crippen LogP contribution in [0.3, 0.4) is 0 Å². The molecule has 9 nitrogen and oxygen atoms in total. The normalized spacial score (nSPS) is 11.5. The average molecular weight is 305 g/mol. The van der Waals surface area contributed by atoms with Crippen molar-refractivity contribution in [1.82, 2.24) is 30.4 Å². The highest BCUT2D eigenvalue weighted by Crippen LogP contribution is 2.21. The van der Waals surface area contributed by atoms with Crippen molar-refractivity contribution in [2.75, 3.05) is 4.72 Å². The molecular formula is C11H11N7O2S. The van der Waals surface area contributed by atoms with Gasteiger partial charge in [0, 0.05) is 24.5 Å². The van der Waals surface area contributed by atoms with Crippen molar-refractivity contribution in [1.29, 1.82) is 0 Å². The molecule has 108 valence electrons. The molecule has 0 aliphatic carbocycles. The number of rotatable bonds is 4. The smallest absolute Gasteiger partial charge is 0.265 e. The van der Waals surface area contributed by atoms with Crippen molar-refractivity contribution < 1.29 is 8.42 Å². The molecule has 3 rings (SSSR count). The SMILES string of the molecule is Cn1nnnc1-c1cccc(NS(=O)(=O)c2cn[nH]c2)c1. The van der Waals surface area contributed by atoms with Crippen molar-refractivity contribution in [3.63, 3.8) is 0 Å². The topological polar surface area (TPSA) is 118 Å². The van der Waals surface area contributed by atoms with E-state index in [1.807, 2.05) is 0 Å². The van der Waals surface area contributed by atoms with Crippen LogP contribution in [0.4, 0.5) is 5.69 Å². The van der Waals surface area contributed by atoms with E-state index in [-0.39, 0.29) is 4.90 Å². The second-order valence-corrected chi connectivity index (χ2v) is 5.93. The Morgan fingerprint density at radius 1 is 1.33 bits per heavy atom. The quantitative estimate of drug-likeness (QED) is 0.720. The number of anilines is 1. The molecule has 2 N–H and O–H groups in total. The van der Waals surface area contributed by atoms with Crippen LogP contribution in [0.1, 0.15) is 0 Å². The van der Waals surface area contributed by atoms with Gasteiger partial charge in [-0.25, -0.2) is 13.1 Å². The number of aromatic nitrogens is 6. The first-order valence-electron chi connectivity index (χ1n) is 5.91. The van der Waals surface area contributed by atoms with E-state index in [4.69, 9.17) is 0 Å². The van der Waals surface area contributed by atoms with Crippen molar-refractivity contribution in [2.24, 2.45) is 7.05 Å². The van der Waals surface area contributed by atoms with Crippen LogP contribution >= 0.6 is 0 Å². The molecule has 2 heterocycles. The highest BCUT2D eigenvalue weighted by molar-refractivity contribution is 7.92. The van der Waals surface area contributed by atoms with Gasteiger partial charge in [-0.05, 0) is 22.6 Å². The number of aromatic amines is 1. The number of hydrogen-bond acceptors (Lipinski definition) is 6. The monoisotopic (exact) mass is 305 g/mol. The fourth-order valence-corrected chi connectivity index (χ4v) is 2.75. The molecule has 0 saturated carbocycles. The molecule has 10 heteroatoms. The molecule has 0 bridgehead atoms. The lowest BCUT2D eigenvalue weighted by Crippen LogP contribution is -2.12. The fourth-order valence-electron chi connectivity index (χ4n) is 1.80. The zero-order valence-corrected chi connectivity index (χ0v) is 11.7. The van der Waals surface area contributed by atoms with Gasteiger partial charge in [-0.2, -0.15) is 5.10 Å². The van der Waals surface area contributed by atoms with E-state index in [1.165, 1.54) is 17.1 Å². The van der Waals surface area contributed by atoms with Crippen LogP contribution in [0.25, 0.3) is 11.4 Å². The molecule has 21 heavy (non-hydrogen) atoms. The highest BCUT2D eigenvalue weighted by Gasteiger charge is 2.16. The Morgan fingerprint density at radius 2 is 2.19 bits per heavy atom. The first kappa shape index (κ1) is 13.2. The third-order valence-electron chi connectivity index (χ3n) is 2.78. The lowest BCUT2D eigenvalue weighted by atomic mass is 10.2. The van der Waals surface area contributed by atoms with Gasteiger partial charge in [0.25, 0.3) is 10.0 Å². The van der Waals surface area contributed by atoms with Crippen molar-refractivity contribution >= 4 is 15.7 Å². The Kier molecular flexibility index (Phi) is 3.14. The molecule has 0 amide bonds. The number of tetrazole rings is 1. The number of hydrogen-bond donors (Lipinski definition) is 2. The number of benzene rings is 1. The molecule has 0 spiro atoms. The predicted octanol–water partition coefficient (Wildman–Crippen LogP) is 0.401. The lowest BCUT2D eigenvalue weighted by Gasteiger charge is -2.07. The Balaban J connectivity index is 1.93. The van der Waals surface area contributed by atoms with Crippen LogP contribution in [-0.4, -0.2) is 38.8 Å². The Bertz CT molecular complexity index is 854. The molecule has 0 fully saturated rings. The number of nitrogens with one attached hydrogen (secondary N) is 2. The summed E-state index contributed by atoms with van der Waals surface area (Å²) >= 11 is 0. The molecular weight excluding hydrogens is 294 g/mol. The minimum absolute atomic E-state index is 0.0632. The summed E-state index contributed by atoms with van der Waals surface area (Å²) in [4.78, 5) is 0.0632. The van der Waals surface area contributed by atoms with Gasteiger partial charge in [0.2, 0.25) is 0 Å². The van der Waals surface area contributed by atoms with Crippen LogP contribution < -0.4 is 4.72 Å². The van der Waals surface area contributed by atoms with Crippen molar-refractivity contribution in [3.8, 4) is 11.4 Å². The highest BCUT2D eigenvalue weighted by atomic mass is 32.2. The molecule has 3 aromatic rings. The minimum Gasteiger partial charge on any atom is -0.284 e. The van der Waals surface area contributed by atoms with Crippen molar-refractivity contribution in [3.05, 3.63) is 36.7 Å². The zero-order chi connectivity index (χ0) is 14.9. The number of H-pyrrole nitrogens is 1. The van der Waals surface area contributed by atoms with E-state index in [9.17, 15) is 8.42 Å². The van der Waals surface area contributed by atoms with E-state index in [0.717, 1.165) is 0 Å². The predicted molar refractivity (Wildman–Crippen MR) is 73.6 cm³/mol. The van der Waals surface area contributed by atoms with E-state index in [2.05, 4.69) is 30.4 Å². The maximum atomic E-state index is 12.1. The van der Waals surface area contributed by atoms with E-state index in [0.29, 0.717) is 17.1 Å². The van der Waals surface area contributed by atoms with Crippen LogP contribution in [0.5, 0.6) is 0 Å². The molecule has 0 aliphatic rings. The van der Waals surface area contributed by atoms with Crippen LogP contribution in [-0.2, 0) is 17.1 Å². The van der Waals surface area contributed by atoms with Gasteiger partial charge in [0.05, 0.1) is 6.20 Å². The van der Waals surface area contributed by atoms with Gasteiger partial charge in [-0.1, -0.05) is 12.1 Å². The number of aryl methyl sites for hydroxylation is 1. The van der Waals surface area contributed by atoms with Crippen LogP contribution in [0.15, 0.2) is 41.6 Å². The second-order valence-electron chi connectivity index (χ2n) is 4.25. The summed E-state index contributed by atoms with van der Waals surface area (Å²) in [6.45, 7) is 0. The first-order valence-corrected chi connectivity index (χ1v) is 7.39. The molecule has 0 aliphatic heterocycles. The molecule has 0 unspecified atom stereocenters. The summed E-state index contributed by atoms with van der Waals surface area (Å²) in [6, 6.07) is 6.81. The Labute approximate surface area is 120 Å². The maximum absolute atomic E-state index is 12.1. The Hall–Kier alpha value is -2.75. The molecule has 0 saturated heterocycles. The number of sulfonamides is 1.